The molecule has 0 aliphatic carbocycles. The monoisotopic (exact) mass is 373 g/mol. The van der Waals surface area contributed by atoms with E-state index >= 15 is 0 Å². The molecule has 0 unspecified atom stereocenters. The molecular weight excluding hydrogens is 346 g/mol. The lowest BCUT2D eigenvalue weighted by atomic mass is 9.96. The molecule has 1 N–H and O–H groups in total. The Balaban J connectivity index is 1.55. The van der Waals surface area contributed by atoms with E-state index in [4.69, 9.17) is 4.74 Å². The van der Waals surface area contributed by atoms with Gasteiger partial charge >= 0.3 is 5.69 Å². The Bertz CT molecular complexity index is 849. The van der Waals surface area contributed by atoms with Crippen molar-refractivity contribution in [3.63, 3.8) is 0 Å². The van der Waals surface area contributed by atoms with Crippen LogP contribution in [-0.2, 0) is 17.8 Å². The van der Waals surface area contributed by atoms with Gasteiger partial charge in [-0.25, -0.2) is 9.89 Å². The van der Waals surface area contributed by atoms with Crippen LogP contribution in [-0.4, -0.2) is 50.3 Å². The summed E-state index contributed by atoms with van der Waals surface area (Å²) in [4.78, 5) is 30.5. The molecule has 27 heavy (non-hydrogen) atoms. The van der Waals surface area contributed by atoms with Crippen LogP contribution in [0.4, 0.5) is 0 Å². The molecular formula is C19H27N5O3. The zero-order chi connectivity index (χ0) is 19.4. The van der Waals surface area contributed by atoms with Gasteiger partial charge in [-0.15, -0.1) is 0 Å². The van der Waals surface area contributed by atoms with Crippen LogP contribution in [0.1, 0.15) is 49.8 Å². The maximum Gasteiger partial charge on any atom is 0.343 e. The van der Waals surface area contributed by atoms with Crippen molar-refractivity contribution in [1.82, 2.24) is 24.6 Å². The SMILES string of the molecule is CCc1nc(C)ccc1OCC(=O)N1CCC(c2n[nH]c(=O)n2CC)CC1. The van der Waals surface area contributed by atoms with Gasteiger partial charge in [0.05, 0.1) is 5.69 Å². The summed E-state index contributed by atoms with van der Waals surface area (Å²) < 4.78 is 7.40. The molecule has 1 fully saturated rings. The molecule has 146 valence electrons. The topological polar surface area (TPSA) is 93.1 Å². The number of piperidine rings is 1. The Kier molecular flexibility index (Phi) is 5.93. The highest BCUT2D eigenvalue weighted by Crippen LogP contribution is 2.26. The minimum atomic E-state index is -0.169. The quantitative estimate of drug-likeness (QED) is 0.831. The highest BCUT2D eigenvalue weighted by atomic mass is 16.5. The average Bonchev–Trinajstić information content (AvgIpc) is 3.07. The number of ether oxygens (including phenoxy) is 1. The van der Waals surface area contributed by atoms with Crippen molar-refractivity contribution in [3.8, 4) is 5.75 Å². The molecule has 0 atom stereocenters. The molecule has 1 amide bonds. The van der Waals surface area contributed by atoms with Gasteiger partial charge in [0.15, 0.2) is 6.61 Å². The fourth-order valence-electron chi connectivity index (χ4n) is 3.55. The number of nitrogens with one attached hydrogen (secondary N) is 1. The minimum absolute atomic E-state index is 0.0183. The standard InChI is InChI=1S/C19H27N5O3/c1-4-15-16(7-6-13(3)20-15)27-12-17(25)23-10-8-14(9-11-23)18-21-22-19(26)24(18)5-2/h6-7,14H,4-5,8-12H2,1-3H3,(H,22,26). The molecule has 0 spiro atoms. The van der Waals surface area contributed by atoms with Crippen molar-refractivity contribution in [3.05, 3.63) is 39.8 Å². The number of likely N-dealkylation sites (tertiary alicyclic amines) is 1. The third-order valence-corrected chi connectivity index (χ3v) is 5.07. The van der Waals surface area contributed by atoms with Crippen LogP contribution < -0.4 is 10.4 Å². The second-order valence-corrected chi connectivity index (χ2v) is 6.83. The number of amides is 1. The lowest BCUT2D eigenvalue weighted by Crippen LogP contribution is -2.41. The lowest BCUT2D eigenvalue weighted by molar-refractivity contribution is -0.134. The number of rotatable bonds is 6. The number of pyridine rings is 1. The Morgan fingerprint density at radius 2 is 2.04 bits per heavy atom. The van der Waals surface area contributed by atoms with E-state index in [1.165, 1.54) is 0 Å². The molecule has 2 aromatic rings. The van der Waals surface area contributed by atoms with Crippen molar-refractivity contribution in [1.29, 1.82) is 0 Å². The van der Waals surface area contributed by atoms with E-state index in [2.05, 4.69) is 15.2 Å². The summed E-state index contributed by atoms with van der Waals surface area (Å²) in [5.74, 6) is 1.65. The van der Waals surface area contributed by atoms with Gasteiger partial charge in [0.25, 0.3) is 5.91 Å². The number of hydrogen-bond acceptors (Lipinski definition) is 5. The summed E-state index contributed by atoms with van der Waals surface area (Å²) in [6.07, 6.45) is 2.35. The van der Waals surface area contributed by atoms with E-state index < -0.39 is 0 Å². The highest BCUT2D eigenvalue weighted by Gasteiger charge is 2.27. The number of carbonyl (C=O) groups is 1. The maximum absolute atomic E-state index is 12.5. The van der Waals surface area contributed by atoms with Crippen LogP contribution in [0.15, 0.2) is 16.9 Å². The highest BCUT2D eigenvalue weighted by molar-refractivity contribution is 5.77. The van der Waals surface area contributed by atoms with E-state index in [1.807, 2.05) is 37.8 Å². The number of hydrogen-bond donors (Lipinski definition) is 1. The largest absolute Gasteiger partial charge is 0.482 e. The summed E-state index contributed by atoms with van der Waals surface area (Å²) in [6.45, 7) is 7.80. The third-order valence-electron chi connectivity index (χ3n) is 5.07. The van der Waals surface area contributed by atoms with Gasteiger partial charge in [-0.2, -0.15) is 5.10 Å². The van der Waals surface area contributed by atoms with E-state index in [9.17, 15) is 9.59 Å². The molecule has 1 saturated heterocycles. The molecule has 8 nitrogen and oxygen atoms in total. The maximum atomic E-state index is 12.5. The number of aromatic amines is 1. The van der Waals surface area contributed by atoms with Crippen LogP contribution in [0, 0.1) is 6.92 Å². The molecule has 0 radical (unpaired) electrons. The van der Waals surface area contributed by atoms with Crippen LogP contribution in [0.3, 0.4) is 0 Å². The molecule has 3 rings (SSSR count). The summed E-state index contributed by atoms with van der Waals surface area (Å²) in [7, 11) is 0. The van der Waals surface area contributed by atoms with Crippen molar-refractivity contribution < 1.29 is 9.53 Å². The molecule has 3 heterocycles. The van der Waals surface area contributed by atoms with Gasteiger partial charge in [0.1, 0.15) is 11.6 Å². The first-order valence-corrected chi connectivity index (χ1v) is 9.55. The molecule has 0 saturated carbocycles. The first-order chi connectivity index (χ1) is 13.0. The zero-order valence-corrected chi connectivity index (χ0v) is 16.2. The van der Waals surface area contributed by atoms with Crippen LogP contribution in [0.5, 0.6) is 5.75 Å². The second-order valence-electron chi connectivity index (χ2n) is 6.83. The van der Waals surface area contributed by atoms with Crippen molar-refractivity contribution in [2.24, 2.45) is 0 Å². The van der Waals surface area contributed by atoms with E-state index in [1.54, 1.807) is 4.57 Å². The van der Waals surface area contributed by atoms with Crippen molar-refractivity contribution in [2.45, 2.75) is 52.5 Å². The van der Waals surface area contributed by atoms with Gasteiger partial charge in [-0.1, -0.05) is 6.92 Å². The summed E-state index contributed by atoms with van der Waals surface area (Å²) in [5, 5.41) is 6.70. The molecule has 8 heteroatoms. The smallest absolute Gasteiger partial charge is 0.343 e. The number of nitrogens with zero attached hydrogens (tertiary/aromatic N) is 4. The Labute approximate surface area is 158 Å². The predicted molar refractivity (Wildman–Crippen MR) is 101 cm³/mol. The Hall–Kier alpha value is -2.64. The van der Waals surface area contributed by atoms with Gasteiger partial charge in [-0.3, -0.25) is 14.3 Å². The zero-order valence-electron chi connectivity index (χ0n) is 16.2. The second kappa shape index (κ2) is 8.37. The Morgan fingerprint density at radius 3 is 2.70 bits per heavy atom. The van der Waals surface area contributed by atoms with Gasteiger partial charge in [0, 0.05) is 31.2 Å². The third kappa shape index (κ3) is 4.20. The van der Waals surface area contributed by atoms with Crippen molar-refractivity contribution >= 4 is 5.91 Å². The number of aryl methyl sites for hydroxylation is 2. The fourth-order valence-corrected chi connectivity index (χ4v) is 3.55. The first kappa shape index (κ1) is 19.1. The number of H-pyrrole nitrogens is 1. The molecule has 0 bridgehead atoms. The van der Waals surface area contributed by atoms with Crippen LogP contribution in [0.25, 0.3) is 0 Å². The van der Waals surface area contributed by atoms with Crippen LogP contribution in [0.2, 0.25) is 0 Å². The van der Waals surface area contributed by atoms with E-state index in [-0.39, 0.29) is 24.1 Å². The minimum Gasteiger partial charge on any atom is -0.482 e. The molecule has 1 aliphatic rings. The fraction of sp³-hybridized carbons (Fsp3) is 0.579. The van der Waals surface area contributed by atoms with Gasteiger partial charge < -0.3 is 9.64 Å². The summed E-state index contributed by atoms with van der Waals surface area (Å²) in [6, 6.07) is 3.77. The van der Waals surface area contributed by atoms with Crippen LogP contribution >= 0.6 is 0 Å². The van der Waals surface area contributed by atoms with Gasteiger partial charge in [0.2, 0.25) is 0 Å². The predicted octanol–water partition coefficient (Wildman–Crippen LogP) is 1.64. The lowest BCUT2D eigenvalue weighted by Gasteiger charge is -2.31. The normalized spacial score (nSPS) is 15.1. The first-order valence-electron chi connectivity index (χ1n) is 9.55. The number of aromatic nitrogens is 4. The molecule has 2 aromatic heterocycles. The Morgan fingerprint density at radius 1 is 1.30 bits per heavy atom. The average molecular weight is 373 g/mol. The molecule has 1 aliphatic heterocycles. The van der Waals surface area contributed by atoms with Crippen molar-refractivity contribution in [2.75, 3.05) is 19.7 Å². The molecule has 0 aromatic carbocycles. The van der Waals surface area contributed by atoms with Gasteiger partial charge in [-0.05, 0) is 45.2 Å². The van der Waals surface area contributed by atoms with E-state index in [0.29, 0.717) is 25.4 Å². The van der Waals surface area contributed by atoms with E-state index in [0.717, 1.165) is 36.5 Å². The summed E-state index contributed by atoms with van der Waals surface area (Å²) >= 11 is 0. The number of carbonyl (C=O) groups excluding carboxylic acids is 1. The summed E-state index contributed by atoms with van der Waals surface area (Å²) in [5.41, 5.74) is 1.65.